The third kappa shape index (κ3) is 5.64. The lowest BCUT2D eigenvalue weighted by atomic mass is 9.65. The fraction of sp³-hybridized carbons (Fsp3) is 0.571. The average molecular weight is 577 g/mol. The maximum atomic E-state index is 12.5. The maximum Gasteiger partial charge on any atom is 0.337 e. The van der Waals surface area contributed by atoms with Gasteiger partial charge in [-0.3, -0.25) is 0 Å². The van der Waals surface area contributed by atoms with Crippen molar-refractivity contribution in [2.75, 3.05) is 38.3 Å². The predicted octanol–water partition coefficient (Wildman–Crippen LogP) is 7.19. The van der Waals surface area contributed by atoms with E-state index in [4.69, 9.17) is 26.8 Å². The van der Waals surface area contributed by atoms with Crippen LogP contribution in [0.4, 0.5) is 5.69 Å². The van der Waals surface area contributed by atoms with Crippen LogP contribution in [-0.4, -0.2) is 39.3 Å². The first-order valence-electron chi connectivity index (χ1n) is 15.7. The number of halogens is 1. The van der Waals surface area contributed by atoms with Crippen molar-refractivity contribution < 1.29 is 14.3 Å². The van der Waals surface area contributed by atoms with Gasteiger partial charge in [0.05, 0.1) is 25.0 Å². The van der Waals surface area contributed by atoms with E-state index in [9.17, 15) is 4.79 Å². The van der Waals surface area contributed by atoms with Crippen molar-refractivity contribution >= 4 is 23.3 Å². The van der Waals surface area contributed by atoms with Crippen molar-refractivity contribution in [1.29, 1.82) is 0 Å². The maximum absolute atomic E-state index is 12.5. The summed E-state index contributed by atoms with van der Waals surface area (Å²) in [6.45, 7) is 5.67. The van der Waals surface area contributed by atoms with Crippen molar-refractivity contribution in [3.63, 3.8) is 0 Å². The smallest absolute Gasteiger partial charge is 0.337 e. The van der Waals surface area contributed by atoms with Gasteiger partial charge in [0, 0.05) is 23.5 Å². The van der Waals surface area contributed by atoms with E-state index in [1.165, 1.54) is 43.9 Å². The summed E-state index contributed by atoms with van der Waals surface area (Å²) in [7, 11) is 1.44. The summed E-state index contributed by atoms with van der Waals surface area (Å²) in [5.74, 6) is 3.87. The molecule has 220 valence electrons. The Morgan fingerprint density at radius 2 is 2.05 bits per heavy atom. The zero-order valence-electron chi connectivity index (χ0n) is 24.6. The van der Waals surface area contributed by atoms with Gasteiger partial charge in [0.15, 0.2) is 0 Å². The highest BCUT2D eigenvalue weighted by Crippen LogP contribution is 2.47. The molecule has 3 aliphatic carbocycles. The summed E-state index contributed by atoms with van der Waals surface area (Å²) in [6, 6.07) is 12.2. The minimum Gasteiger partial charge on any atom is -0.490 e. The number of nitrogens with two attached hydrogens (primary N) is 1. The van der Waals surface area contributed by atoms with Gasteiger partial charge < -0.3 is 20.1 Å². The lowest BCUT2D eigenvalue weighted by Crippen LogP contribution is -2.49. The van der Waals surface area contributed by atoms with Crippen LogP contribution in [0.15, 0.2) is 48.6 Å². The first-order valence-corrected chi connectivity index (χ1v) is 16.1. The molecule has 0 amide bonds. The van der Waals surface area contributed by atoms with Crippen molar-refractivity contribution in [3.8, 4) is 5.75 Å². The van der Waals surface area contributed by atoms with Gasteiger partial charge in [0.25, 0.3) is 0 Å². The number of esters is 1. The van der Waals surface area contributed by atoms with Gasteiger partial charge in [-0.15, -0.1) is 0 Å². The Morgan fingerprint density at radius 3 is 2.78 bits per heavy atom. The fourth-order valence-corrected chi connectivity index (χ4v) is 8.23. The van der Waals surface area contributed by atoms with Crippen LogP contribution in [0.3, 0.4) is 0 Å². The number of anilines is 1. The molecule has 1 heterocycles. The van der Waals surface area contributed by atoms with Crippen LogP contribution in [0.1, 0.15) is 73.4 Å². The molecule has 2 aromatic rings. The van der Waals surface area contributed by atoms with Crippen molar-refractivity contribution in [3.05, 3.63) is 70.3 Å². The Bertz CT molecular complexity index is 1290. The number of ether oxygens (including phenoxy) is 2. The van der Waals surface area contributed by atoms with E-state index in [-0.39, 0.29) is 11.4 Å². The standard InChI is InChI=1S/C35H45ClN2O3/c1-23(5-6-24-7-8-25(24)15-17-37)30-12-9-28(30)20-38-21-35(16-3-4-26-18-29(36)11-13-31(26)35)22-41-33-14-10-27(19-32(33)38)34(39)40-2/h5-6,10-11,13-14,18-19,23-25,28,30H,3-4,7-9,12,15-17,20-22,37H2,1-2H3/b6-5-/t23-,24-,25+,28-,30-,35-/m0/s1. The molecule has 2 aromatic carbocycles. The van der Waals surface area contributed by atoms with Crippen molar-refractivity contribution in [2.45, 2.75) is 63.7 Å². The molecule has 6 rings (SSSR count). The Balaban J connectivity index is 1.27. The highest BCUT2D eigenvalue weighted by atomic mass is 35.5. The number of carbonyl (C=O) groups is 1. The number of methoxy groups -OCH3 is 1. The normalized spacial score (nSPS) is 29.5. The lowest BCUT2D eigenvalue weighted by Gasteiger charge is -2.46. The average Bonchev–Trinajstić information content (AvgIpc) is 3.10. The van der Waals surface area contributed by atoms with E-state index in [1.807, 2.05) is 24.3 Å². The molecule has 6 atom stereocenters. The van der Waals surface area contributed by atoms with E-state index in [1.54, 1.807) is 0 Å². The summed E-state index contributed by atoms with van der Waals surface area (Å²) >= 11 is 6.42. The quantitative estimate of drug-likeness (QED) is 0.266. The van der Waals surface area contributed by atoms with Gasteiger partial charge in [-0.1, -0.05) is 36.7 Å². The van der Waals surface area contributed by atoms with Crippen LogP contribution in [0.2, 0.25) is 5.02 Å². The van der Waals surface area contributed by atoms with Gasteiger partial charge in [-0.2, -0.15) is 0 Å². The van der Waals surface area contributed by atoms with Crippen LogP contribution < -0.4 is 15.4 Å². The number of benzene rings is 2. The second-order valence-electron chi connectivity index (χ2n) is 13.1. The fourth-order valence-electron chi connectivity index (χ4n) is 8.04. The molecule has 2 saturated carbocycles. The van der Waals surface area contributed by atoms with E-state index in [0.29, 0.717) is 35.8 Å². The third-order valence-electron chi connectivity index (χ3n) is 10.7. The summed E-state index contributed by atoms with van der Waals surface area (Å²) in [5.41, 5.74) is 10.0. The van der Waals surface area contributed by atoms with Gasteiger partial charge in [-0.25, -0.2) is 4.79 Å². The Morgan fingerprint density at radius 1 is 1.20 bits per heavy atom. The molecule has 1 aliphatic heterocycles. The van der Waals surface area contributed by atoms with E-state index in [0.717, 1.165) is 67.7 Å². The minimum absolute atomic E-state index is 0.115. The highest BCUT2D eigenvalue weighted by Gasteiger charge is 2.44. The van der Waals surface area contributed by atoms with Crippen LogP contribution in [0.5, 0.6) is 5.75 Å². The number of rotatable bonds is 8. The molecule has 41 heavy (non-hydrogen) atoms. The highest BCUT2D eigenvalue weighted by molar-refractivity contribution is 6.30. The van der Waals surface area contributed by atoms with Gasteiger partial charge >= 0.3 is 5.97 Å². The summed E-state index contributed by atoms with van der Waals surface area (Å²) in [5, 5.41) is 0.800. The van der Waals surface area contributed by atoms with Crippen LogP contribution in [0.25, 0.3) is 0 Å². The topological polar surface area (TPSA) is 64.8 Å². The Hall–Kier alpha value is -2.50. The second kappa shape index (κ2) is 12.0. The van der Waals surface area contributed by atoms with Gasteiger partial charge in [-0.05, 0) is 129 Å². The molecule has 5 nitrogen and oxygen atoms in total. The molecular formula is C35H45ClN2O3. The second-order valence-corrected chi connectivity index (χ2v) is 13.5. The third-order valence-corrected chi connectivity index (χ3v) is 11.0. The number of fused-ring (bicyclic) bond motifs is 3. The van der Waals surface area contributed by atoms with E-state index < -0.39 is 0 Å². The van der Waals surface area contributed by atoms with E-state index >= 15 is 0 Å². The lowest BCUT2D eigenvalue weighted by molar-refractivity contribution is 0.0600. The molecule has 0 aromatic heterocycles. The van der Waals surface area contributed by atoms with Crippen molar-refractivity contribution in [2.24, 2.45) is 35.3 Å². The monoisotopic (exact) mass is 576 g/mol. The van der Waals surface area contributed by atoms with Crippen LogP contribution in [0, 0.1) is 29.6 Å². The number of hydrogen-bond acceptors (Lipinski definition) is 5. The molecule has 2 N–H and O–H groups in total. The Labute approximate surface area is 250 Å². The van der Waals surface area contributed by atoms with Gasteiger partial charge in [0.1, 0.15) is 5.75 Å². The first kappa shape index (κ1) is 28.6. The molecule has 0 saturated heterocycles. The minimum atomic E-state index is -0.312. The van der Waals surface area contributed by atoms with Crippen molar-refractivity contribution in [1.82, 2.24) is 0 Å². The molecule has 0 unspecified atom stereocenters. The SMILES string of the molecule is COC(=O)c1ccc2c(c1)N(C[C@@H]1CC[C@H]1[C@@H](C)/C=C\[C@H]1CC[C@@H]1CCN)C[C@@]1(CCCc3cc(Cl)ccc31)CO2. The summed E-state index contributed by atoms with van der Waals surface area (Å²) < 4.78 is 11.7. The predicted molar refractivity (Wildman–Crippen MR) is 166 cm³/mol. The molecular weight excluding hydrogens is 532 g/mol. The molecule has 4 aliphatic rings. The largest absolute Gasteiger partial charge is 0.490 e. The number of carbonyl (C=O) groups excluding carboxylic acids is 1. The number of nitrogens with zero attached hydrogens (tertiary/aromatic N) is 1. The van der Waals surface area contributed by atoms with Crippen LogP contribution in [-0.2, 0) is 16.6 Å². The molecule has 1 spiro atoms. The molecule has 2 fully saturated rings. The number of aryl methyl sites for hydroxylation is 1. The molecule has 6 heteroatoms. The number of allylic oxidation sites excluding steroid dienone is 2. The van der Waals surface area contributed by atoms with E-state index in [2.05, 4.69) is 36.1 Å². The Kier molecular flexibility index (Phi) is 8.38. The molecule has 0 radical (unpaired) electrons. The zero-order chi connectivity index (χ0) is 28.6. The summed E-state index contributed by atoms with van der Waals surface area (Å²) in [4.78, 5) is 15.1. The van der Waals surface area contributed by atoms with Crippen LogP contribution >= 0.6 is 11.6 Å². The summed E-state index contributed by atoms with van der Waals surface area (Å²) in [6.07, 6.45) is 14.6. The zero-order valence-corrected chi connectivity index (χ0v) is 25.4. The first-order chi connectivity index (χ1) is 19.9. The number of hydrogen-bond donors (Lipinski definition) is 1. The molecule has 0 bridgehead atoms. The van der Waals surface area contributed by atoms with Gasteiger partial charge in [0.2, 0.25) is 0 Å².